The molecule has 1 saturated heterocycles. The van der Waals surface area contributed by atoms with Crippen molar-refractivity contribution in [1.82, 2.24) is 5.32 Å². The summed E-state index contributed by atoms with van der Waals surface area (Å²) in [7, 11) is 0. The van der Waals surface area contributed by atoms with E-state index in [1.807, 2.05) is 0 Å². The molecule has 1 aliphatic heterocycles. The van der Waals surface area contributed by atoms with Gasteiger partial charge in [0.25, 0.3) is 0 Å². The Bertz CT molecular complexity index is 283. The van der Waals surface area contributed by atoms with Gasteiger partial charge in [0.1, 0.15) is 0 Å². The molecule has 0 amide bonds. The highest BCUT2D eigenvalue weighted by atomic mass is 16.5. The van der Waals surface area contributed by atoms with E-state index < -0.39 is 0 Å². The first-order chi connectivity index (χ1) is 8.70. The molecule has 0 aromatic heterocycles. The Morgan fingerprint density at radius 1 is 1.28 bits per heavy atom. The Balaban J connectivity index is 1.71. The van der Waals surface area contributed by atoms with Crippen LogP contribution in [0.3, 0.4) is 0 Å². The minimum absolute atomic E-state index is 0.189. The van der Waals surface area contributed by atoms with Crippen molar-refractivity contribution in [3.63, 3.8) is 0 Å². The molecule has 0 aromatic carbocycles. The minimum Gasteiger partial charge on any atom is -0.372 e. The van der Waals surface area contributed by atoms with Crippen molar-refractivity contribution in [2.45, 2.75) is 70.4 Å². The van der Waals surface area contributed by atoms with E-state index in [0.717, 1.165) is 30.9 Å². The lowest BCUT2D eigenvalue weighted by molar-refractivity contribution is -0.134. The predicted molar refractivity (Wildman–Crippen MR) is 74.6 cm³/mol. The molecular weight excluding hydrogens is 222 g/mol. The molecule has 2 saturated carbocycles. The second-order valence-corrected chi connectivity index (χ2v) is 7.20. The highest BCUT2D eigenvalue weighted by molar-refractivity contribution is 5.01. The van der Waals surface area contributed by atoms with E-state index in [2.05, 4.69) is 19.2 Å². The van der Waals surface area contributed by atoms with Gasteiger partial charge in [0.2, 0.25) is 0 Å². The maximum absolute atomic E-state index is 6.37. The molecule has 0 radical (unpaired) electrons. The summed E-state index contributed by atoms with van der Waals surface area (Å²) < 4.78 is 6.37. The lowest BCUT2D eigenvalue weighted by atomic mass is 9.69. The third-order valence-electron chi connectivity index (χ3n) is 5.51. The molecule has 3 atom stereocenters. The van der Waals surface area contributed by atoms with Crippen molar-refractivity contribution in [3.05, 3.63) is 0 Å². The Morgan fingerprint density at radius 3 is 2.83 bits per heavy atom. The highest BCUT2D eigenvalue weighted by Gasteiger charge is 2.47. The van der Waals surface area contributed by atoms with E-state index in [-0.39, 0.29) is 5.60 Å². The molecule has 2 nitrogen and oxygen atoms in total. The minimum atomic E-state index is 0.189. The molecule has 3 rings (SSSR count). The zero-order valence-corrected chi connectivity index (χ0v) is 12.1. The van der Waals surface area contributed by atoms with Crippen LogP contribution in [0.25, 0.3) is 0 Å². The van der Waals surface area contributed by atoms with Gasteiger partial charge < -0.3 is 10.1 Å². The van der Waals surface area contributed by atoms with Crippen LogP contribution in [-0.2, 0) is 4.74 Å². The standard InChI is InChI=1S/C16H29NO/c1-12(2)14-4-3-7-16(11-14)15(10-13-5-6-13)17-8-9-18-16/h12-15,17H,3-11H2,1-2H3. The van der Waals surface area contributed by atoms with Gasteiger partial charge in [-0.15, -0.1) is 0 Å². The van der Waals surface area contributed by atoms with Gasteiger partial charge in [-0.25, -0.2) is 0 Å². The van der Waals surface area contributed by atoms with Gasteiger partial charge in [-0.3, -0.25) is 0 Å². The Labute approximate surface area is 112 Å². The van der Waals surface area contributed by atoms with Crippen molar-refractivity contribution < 1.29 is 4.74 Å². The zero-order valence-electron chi connectivity index (χ0n) is 12.1. The van der Waals surface area contributed by atoms with Gasteiger partial charge >= 0.3 is 0 Å². The molecule has 1 spiro atoms. The number of ether oxygens (including phenoxy) is 1. The molecule has 2 aliphatic carbocycles. The Hall–Kier alpha value is -0.0800. The lowest BCUT2D eigenvalue weighted by Gasteiger charge is -2.50. The van der Waals surface area contributed by atoms with Crippen LogP contribution in [0.5, 0.6) is 0 Å². The average molecular weight is 251 g/mol. The topological polar surface area (TPSA) is 21.3 Å². The van der Waals surface area contributed by atoms with E-state index in [1.54, 1.807) is 0 Å². The van der Waals surface area contributed by atoms with Gasteiger partial charge in [0, 0.05) is 12.6 Å². The summed E-state index contributed by atoms with van der Waals surface area (Å²) in [5, 5.41) is 3.79. The summed E-state index contributed by atoms with van der Waals surface area (Å²) in [5.41, 5.74) is 0.189. The molecule has 3 aliphatic rings. The smallest absolute Gasteiger partial charge is 0.0838 e. The zero-order chi connectivity index (χ0) is 12.6. The highest BCUT2D eigenvalue weighted by Crippen LogP contribution is 2.45. The monoisotopic (exact) mass is 251 g/mol. The van der Waals surface area contributed by atoms with Crippen LogP contribution in [0.2, 0.25) is 0 Å². The largest absolute Gasteiger partial charge is 0.372 e. The van der Waals surface area contributed by atoms with E-state index in [1.165, 1.54) is 44.9 Å². The van der Waals surface area contributed by atoms with Crippen molar-refractivity contribution in [2.24, 2.45) is 17.8 Å². The fraction of sp³-hybridized carbons (Fsp3) is 1.00. The molecule has 104 valence electrons. The first kappa shape index (κ1) is 12.9. The quantitative estimate of drug-likeness (QED) is 0.830. The first-order valence-electron chi connectivity index (χ1n) is 8.07. The summed E-state index contributed by atoms with van der Waals surface area (Å²) >= 11 is 0. The van der Waals surface area contributed by atoms with Crippen LogP contribution in [0, 0.1) is 17.8 Å². The van der Waals surface area contributed by atoms with Crippen LogP contribution in [-0.4, -0.2) is 24.8 Å². The van der Waals surface area contributed by atoms with Gasteiger partial charge in [0.05, 0.1) is 12.2 Å². The Morgan fingerprint density at radius 2 is 2.11 bits per heavy atom. The summed E-state index contributed by atoms with van der Waals surface area (Å²) in [6.45, 7) is 6.75. The molecule has 3 fully saturated rings. The van der Waals surface area contributed by atoms with Crippen LogP contribution < -0.4 is 5.32 Å². The lowest BCUT2D eigenvalue weighted by Crippen LogP contribution is -2.60. The van der Waals surface area contributed by atoms with E-state index >= 15 is 0 Å². The van der Waals surface area contributed by atoms with E-state index in [4.69, 9.17) is 4.74 Å². The number of nitrogens with one attached hydrogen (secondary N) is 1. The van der Waals surface area contributed by atoms with Gasteiger partial charge in [-0.2, -0.15) is 0 Å². The van der Waals surface area contributed by atoms with Gasteiger partial charge in [0.15, 0.2) is 0 Å². The van der Waals surface area contributed by atoms with Gasteiger partial charge in [-0.1, -0.05) is 33.1 Å². The van der Waals surface area contributed by atoms with Crippen molar-refractivity contribution in [3.8, 4) is 0 Å². The molecule has 3 unspecified atom stereocenters. The summed E-state index contributed by atoms with van der Waals surface area (Å²) in [6.07, 6.45) is 9.66. The number of hydrogen-bond acceptors (Lipinski definition) is 2. The SMILES string of the molecule is CC(C)C1CCCC2(C1)OCCNC2CC1CC1. The molecule has 1 heterocycles. The second kappa shape index (κ2) is 5.13. The molecule has 2 heteroatoms. The number of rotatable bonds is 3. The predicted octanol–water partition coefficient (Wildman–Crippen LogP) is 3.36. The van der Waals surface area contributed by atoms with Crippen molar-refractivity contribution in [1.29, 1.82) is 0 Å². The summed E-state index contributed by atoms with van der Waals surface area (Å²) in [6, 6.07) is 0.639. The molecule has 0 aromatic rings. The van der Waals surface area contributed by atoms with Gasteiger partial charge in [-0.05, 0) is 43.4 Å². The maximum atomic E-state index is 6.37. The van der Waals surface area contributed by atoms with Crippen LogP contribution in [0.1, 0.15) is 58.8 Å². The third kappa shape index (κ3) is 2.60. The normalized spacial score (nSPS) is 41.5. The fourth-order valence-electron chi connectivity index (χ4n) is 4.09. The molecule has 1 N–H and O–H groups in total. The molecule has 18 heavy (non-hydrogen) atoms. The second-order valence-electron chi connectivity index (χ2n) is 7.20. The third-order valence-corrected chi connectivity index (χ3v) is 5.51. The van der Waals surface area contributed by atoms with Crippen molar-refractivity contribution >= 4 is 0 Å². The van der Waals surface area contributed by atoms with Crippen LogP contribution >= 0.6 is 0 Å². The molecular formula is C16H29NO. The van der Waals surface area contributed by atoms with Crippen molar-refractivity contribution in [2.75, 3.05) is 13.2 Å². The summed E-state index contributed by atoms with van der Waals surface area (Å²) in [5.74, 6) is 2.69. The number of morpholine rings is 1. The van der Waals surface area contributed by atoms with Crippen LogP contribution in [0.4, 0.5) is 0 Å². The number of hydrogen-bond donors (Lipinski definition) is 1. The van der Waals surface area contributed by atoms with E-state index in [9.17, 15) is 0 Å². The summed E-state index contributed by atoms with van der Waals surface area (Å²) in [4.78, 5) is 0. The van der Waals surface area contributed by atoms with E-state index in [0.29, 0.717) is 6.04 Å². The Kier molecular flexibility index (Phi) is 3.68. The molecule has 0 bridgehead atoms. The van der Waals surface area contributed by atoms with Crippen LogP contribution in [0.15, 0.2) is 0 Å². The fourth-order valence-corrected chi connectivity index (χ4v) is 4.09. The average Bonchev–Trinajstić information content (AvgIpc) is 3.17. The maximum Gasteiger partial charge on any atom is 0.0838 e. The first-order valence-corrected chi connectivity index (χ1v) is 8.07.